The predicted octanol–water partition coefficient (Wildman–Crippen LogP) is 0.971. The molecule has 0 bridgehead atoms. The molecule has 1 heterocycles. The Kier molecular flexibility index (Phi) is 5.50. The number of hydrogen-bond donors (Lipinski definition) is 0. The quantitative estimate of drug-likeness (QED) is 0.674. The van der Waals surface area contributed by atoms with Crippen molar-refractivity contribution < 1.29 is 8.42 Å². The van der Waals surface area contributed by atoms with Crippen molar-refractivity contribution in [2.75, 3.05) is 39.1 Å². The van der Waals surface area contributed by atoms with Crippen LogP contribution in [0.25, 0.3) is 0 Å². The first kappa shape index (κ1) is 14.2. The Morgan fingerprint density at radius 1 is 1.38 bits per heavy atom. The van der Waals surface area contributed by atoms with E-state index in [9.17, 15) is 8.42 Å². The van der Waals surface area contributed by atoms with E-state index in [1.807, 2.05) is 0 Å². The van der Waals surface area contributed by atoms with Crippen LogP contribution in [-0.2, 0) is 10.0 Å². The lowest BCUT2D eigenvalue weighted by Crippen LogP contribution is -2.40. The molecule has 0 aromatic heterocycles. The van der Waals surface area contributed by atoms with Crippen LogP contribution in [0.2, 0.25) is 0 Å². The van der Waals surface area contributed by atoms with Gasteiger partial charge in [-0.05, 0) is 32.9 Å². The number of alkyl halides is 1. The molecule has 0 N–H and O–H groups in total. The van der Waals surface area contributed by atoms with E-state index in [0.717, 1.165) is 19.6 Å². The van der Waals surface area contributed by atoms with Crippen molar-refractivity contribution in [2.45, 2.75) is 25.0 Å². The van der Waals surface area contributed by atoms with Gasteiger partial charge in [-0.3, -0.25) is 0 Å². The molecule has 1 aliphatic rings. The molecule has 16 heavy (non-hydrogen) atoms. The van der Waals surface area contributed by atoms with Gasteiger partial charge in [0.2, 0.25) is 10.0 Å². The third-order valence-corrected chi connectivity index (χ3v) is 5.97. The topological polar surface area (TPSA) is 40.6 Å². The highest BCUT2D eigenvalue weighted by molar-refractivity contribution is 7.89. The molecule has 1 fully saturated rings. The zero-order chi connectivity index (χ0) is 12.2. The standard InChI is InChI=1S/C10H21ClN2O2S/c1-10(9-11)16(14,15)12(2)7-8-13-5-3-4-6-13/h10H,3-9H2,1-2H3. The van der Waals surface area contributed by atoms with Crippen molar-refractivity contribution in [3.63, 3.8) is 0 Å². The van der Waals surface area contributed by atoms with Gasteiger partial charge in [0, 0.05) is 26.0 Å². The van der Waals surface area contributed by atoms with Crippen molar-refractivity contribution in [3.05, 3.63) is 0 Å². The van der Waals surface area contributed by atoms with Gasteiger partial charge in [0.25, 0.3) is 0 Å². The number of hydrogen-bond acceptors (Lipinski definition) is 3. The first-order valence-corrected chi connectivity index (χ1v) is 7.75. The molecule has 6 heteroatoms. The Labute approximate surface area is 104 Å². The van der Waals surface area contributed by atoms with Crippen LogP contribution >= 0.6 is 11.6 Å². The molecular formula is C10H21ClN2O2S. The van der Waals surface area contributed by atoms with Gasteiger partial charge in [-0.15, -0.1) is 11.6 Å². The Morgan fingerprint density at radius 3 is 2.44 bits per heavy atom. The summed E-state index contributed by atoms with van der Waals surface area (Å²) < 4.78 is 25.2. The lowest BCUT2D eigenvalue weighted by molar-refractivity contribution is 0.309. The Bertz CT molecular complexity index is 302. The van der Waals surface area contributed by atoms with Gasteiger partial charge in [-0.1, -0.05) is 0 Å². The maximum Gasteiger partial charge on any atom is 0.217 e. The molecule has 4 nitrogen and oxygen atoms in total. The number of likely N-dealkylation sites (N-methyl/N-ethyl adjacent to an activating group) is 1. The summed E-state index contributed by atoms with van der Waals surface area (Å²) in [5, 5.41) is -0.502. The maximum absolute atomic E-state index is 11.9. The van der Waals surface area contributed by atoms with Crippen LogP contribution in [0.3, 0.4) is 0 Å². The van der Waals surface area contributed by atoms with Crippen molar-refractivity contribution in [2.24, 2.45) is 0 Å². The normalized spacial score (nSPS) is 20.5. The molecule has 1 saturated heterocycles. The highest BCUT2D eigenvalue weighted by Gasteiger charge is 2.25. The minimum Gasteiger partial charge on any atom is -0.302 e. The Morgan fingerprint density at radius 2 is 1.94 bits per heavy atom. The molecule has 0 saturated carbocycles. The minimum atomic E-state index is -3.21. The number of halogens is 1. The Hall–Kier alpha value is 0.160. The summed E-state index contributed by atoms with van der Waals surface area (Å²) in [6.45, 7) is 5.22. The van der Waals surface area contributed by atoms with Crippen molar-refractivity contribution in [3.8, 4) is 0 Å². The average molecular weight is 269 g/mol. The smallest absolute Gasteiger partial charge is 0.217 e. The van der Waals surface area contributed by atoms with Crippen LogP contribution in [-0.4, -0.2) is 62.0 Å². The summed E-state index contributed by atoms with van der Waals surface area (Å²) in [6, 6.07) is 0. The zero-order valence-corrected chi connectivity index (χ0v) is 11.6. The van der Waals surface area contributed by atoms with Crippen LogP contribution in [0.1, 0.15) is 19.8 Å². The number of likely N-dealkylation sites (tertiary alicyclic amines) is 1. The SMILES string of the molecule is CC(CCl)S(=O)(=O)N(C)CCN1CCCC1. The van der Waals surface area contributed by atoms with Gasteiger partial charge >= 0.3 is 0 Å². The van der Waals surface area contributed by atoms with Gasteiger partial charge in [0.1, 0.15) is 0 Å². The summed E-state index contributed by atoms with van der Waals surface area (Å²) in [5.41, 5.74) is 0. The molecule has 0 aromatic rings. The van der Waals surface area contributed by atoms with Gasteiger partial charge < -0.3 is 4.90 Å². The lowest BCUT2D eigenvalue weighted by Gasteiger charge is -2.23. The van der Waals surface area contributed by atoms with E-state index in [-0.39, 0.29) is 5.88 Å². The van der Waals surface area contributed by atoms with E-state index < -0.39 is 15.3 Å². The Balaban J connectivity index is 2.41. The molecule has 1 aliphatic heterocycles. The molecule has 96 valence electrons. The number of rotatable bonds is 6. The van der Waals surface area contributed by atoms with Crippen molar-refractivity contribution >= 4 is 21.6 Å². The van der Waals surface area contributed by atoms with Crippen molar-refractivity contribution in [1.82, 2.24) is 9.21 Å². The fourth-order valence-electron chi connectivity index (χ4n) is 1.80. The van der Waals surface area contributed by atoms with Gasteiger partial charge in [0.15, 0.2) is 0 Å². The van der Waals surface area contributed by atoms with Gasteiger partial charge in [-0.25, -0.2) is 12.7 Å². The second-order valence-corrected chi connectivity index (χ2v) is 7.15. The van der Waals surface area contributed by atoms with E-state index >= 15 is 0 Å². The molecule has 0 amide bonds. The first-order valence-electron chi connectivity index (χ1n) is 5.72. The fraction of sp³-hybridized carbons (Fsp3) is 1.00. The van der Waals surface area contributed by atoms with E-state index in [1.54, 1.807) is 14.0 Å². The van der Waals surface area contributed by atoms with Crippen LogP contribution in [0.4, 0.5) is 0 Å². The molecule has 0 radical (unpaired) electrons. The second-order valence-electron chi connectivity index (χ2n) is 4.38. The van der Waals surface area contributed by atoms with Crippen LogP contribution in [0.15, 0.2) is 0 Å². The molecule has 1 atom stereocenters. The highest BCUT2D eigenvalue weighted by atomic mass is 35.5. The van der Waals surface area contributed by atoms with E-state index in [4.69, 9.17) is 11.6 Å². The summed E-state index contributed by atoms with van der Waals surface area (Å²) in [6.07, 6.45) is 2.46. The lowest BCUT2D eigenvalue weighted by atomic mass is 10.4. The van der Waals surface area contributed by atoms with Crippen LogP contribution in [0, 0.1) is 0 Å². The molecule has 0 aromatic carbocycles. The summed E-state index contributed by atoms with van der Waals surface area (Å²) in [5.74, 6) is 0.149. The van der Waals surface area contributed by atoms with Gasteiger partial charge in [0.05, 0.1) is 5.25 Å². The molecule has 0 spiro atoms. The highest BCUT2D eigenvalue weighted by Crippen LogP contribution is 2.10. The molecule has 1 rings (SSSR count). The van der Waals surface area contributed by atoms with E-state index in [0.29, 0.717) is 6.54 Å². The largest absolute Gasteiger partial charge is 0.302 e. The first-order chi connectivity index (χ1) is 7.48. The third kappa shape index (κ3) is 3.58. The van der Waals surface area contributed by atoms with Gasteiger partial charge in [-0.2, -0.15) is 0 Å². The monoisotopic (exact) mass is 268 g/mol. The fourth-order valence-corrected chi connectivity index (χ4v) is 3.39. The third-order valence-electron chi connectivity index (χ3n) is 3.09. The van der Waals surface area contributed by atoms with Crippen LogP contribution < -0.4 is 0 Å². The molecule has 1 unspecified atom stereocenters. The zero-order valence-electron chi connectivity index (χ0n) is 10.0. The number of sulfonamides is 1. The molecular weight excluding hydrogens is 248 g/mol. The summed E-state index contributed by atoms with van der Waals surface area (Å²) in [7, 11) is -1.57. The molecule has 0 aliphatic carbocycles. The second kappa shape index (κ2) is 6.19. The summed E-state index contributed by atoms with van der Waals surface area (Å²) >= 11 is 5.59. The maximum atomic E-state index is 11.9. The predicted molar refractivity (Wildman–Crippen MR) is 67.4 cm³/mol. The number of nitrogens with zero attached hydrogens (tertiary/aromatic N) is 2. The van der Waals surface area contributed by atoms with E-state index in [2.05, 4.69) is 4.90 Å². The minimum absolute atomic E-state index is 0.149. The summed E-state index contributed by atoms with van der Waals surface area (Å²) in [4.78, 5) is 2.30. The average Bonchev–Trinajstić information content (AvgIpc) is 2.77. The van der Waals surface area contributed by atoms with Crippen LogP contribution in [0.5, 0.6) is 0 Å². The van der Waals surface area contributed by atoms with Crippen molar-refractivity contribution in [1.29, 1.82) is 0 Å². The van der Waals surface area contributed by atoms with E-state index in [1.165, 1.54) is 17.1 Å².